The van der Waals surface area contributed by atoms with Crippen molar-refractivity contribution in [3.05, 3.63) is 30.6 Å². The first-order valence-electron chi connectivity index (χ1n) is 6.59. The molecule has 0 aliphatic rings. The van der Waals surface area contributed by atoms with Crippen LogP contribution in [-0.4, -0.2) is 20.7 Å². The van der Waals surface area contributed by atoms with Gasteiger partial charge in [0.05, 0.1) is 0 Å². The molecule has 5 heteroatoms. The molecule has 1 aromatic carbocycles. The molecule has 2 aromatic rings. The SMILES string of the molecule is Cn1cnc(-c2cccc(NC(=O)CC(C)(C)C)c2)n1. The molecular formula is C15H20N4O. The van der Waals surface area contributed by atoms with Gasteiger partial charge >= 0.3 is 0 Å². The summed E-state index contributed by atoms with van der Waals surface area (Å²) in [7, 11) is 1.82. The van der Waals surface area contributed by atoms with Crippen molar-refractivity contribution in [1.82, 2.24) is 14.8 Å². The minimum absolute atomic E-state index is 0.0173. The molecule has 1 amide bonds. The van der Waals surface area contributed by atoms with Crippen LogP contribution in [-0.2, 0) is 11.8 Å². The van der Waals surface area contributed by atoms with E-state index in [1.807, 2.05) is 52.1 Å². The van der Waals surface area contributed by atoms with Gasteiger partial charge in [-0.3, -0.25) is 9.48 Å². The molecule has 5 nitrogen and oxygen atoms in total. The summed E-state index contributed by atoms with van der Waals surface area (Å²) in [5.41, 5.74) is 1.63. The molecular weight excluding hydrogens is 252 g/mol. The molecule has 0 aliphatic heterocycles. The van der Waals surface area contributed by atoms with Crippen molar-refractivity contribution in [2.24, 2.45) is 12.5 Å². The van der Waals surface area contributed by atoms with Crippen molar-refractivity contribution in [2.45, 2.75) is 27.2 Å². The molecule has 20 heavy (non-hydrogen) atoms. The van der Waals surface area contributed by atoms with Gasteiger partial charge in [-0.15, -0.1) is 0 Å². The van der Waals surface area contributed by atoms with E-state index < -0.39 is 0 Å². The molecule has 0 saturated heterocycles. The van der Waals surface area contributed by atoms with Crippen LogP contribution in [0.4, 0.5) is 5.69 Å². The van der Waals surface area contributed by atoms with Crippen molar-refractivity contribution in [1.29, 1.82) is 0 Å². The van der Waals surface area contributed by atoms with Gasteiger partial charge in [-0.05, 0) is 17.5 Å². The predicted molar refractivity (Wildman–Crippen MR) is 79.1 cm³/mol. The minimum Gasteiger partial charge on any atom is -0.326 e. The second kappa shape index (κ2) is 5.45. The van der Waals surface area contributed by atoms with Crippen molar-refractivity contribution < 1.29 is 4.79 Å². The van der Waals surface area contributed by atoms with Crippen LogP contribution in [0.3, 0.4) is 0 Å². The average molecular weight is 272 g/mol. The summed E-state index contributed by atoms with van der Waals surface area (Å²) in [5.74, 6) is 0.669. The second-order valence-electron chi connectivity index (χ2n) is 6.11. The fourth-order valence-corrected chi connectivity index (χ4v) is 1.89. The third kappa shape index (κ3) is 3.91. The van der Waals surface area contributed by atoms with Crippen LogP contribution in [0.25, 0.3) is 11.4 Å². The third-order valence-electron chi connectivity index (χ3n) is 2.70. The first-order chi connectivity index (χ1) is 9.33. The Morgan fingerprint density at radius 2 is 2.10 bits per heavy atom. The lowest BCUT2D eigenvalue weighted by Gasteiger charge is -2.17. The van der Waals surface area contributed by atoms with Crippen LogP contribution in [0.5, 0.6) is 0 Å². The fourth-order valence-electron chi connectivity index (χ4n) is 1.89. The Labute approximate surface area is 119 Å². The number of nitrogens with one attached hydrogen (secondary N) is 1. The number of carbonyl (C=O) groups is 1. The van der Waals surface area contributed by atoms with E-state index in [4.69, 9.17) is 0 Å². The summed E-state index contributed by atoms with van der Waals surface area (Å²) in [6.45, 7) is 6.13. The summed E-state index contributed by atoms with van der Waals surface area (Å²) in [5, 5.41) is 7.17. The standard InChI is InChI=1S/C15H20N4O/c1-15(2,3)9-13(20)17-12-7-5-6-11(8-12)14-16-10-19(4)18-14/h5-8,10H,9H2,1-4H3,(H,17,20). The zero-order chi connectivity index (χ0) is 14.8. The molecule has 0 fully saturated rings. The van der Waals surface area contributed by atoms with Crippen LogP contribution in [0.15, 0.2) is 30.6 Å². The molecule has 1 aromatic heterocycles. The van der Waals surface area contributed by atoms with Crippen LogP contribution in [0.1, 0.15) is 27.2 Å². The van der Waals surface area contributed by atoms with Gasteiger partial charge in [0, 0.05) is 24.7 Å². The first kappa shape index (κ1) is 14.2. The Kier molecular flexibility index (Phi) is 3.88. The Morgan fingerprint density at radius 1 is 1.35 bits per heavy atom. The maximum atomic E-state index is 11.9. The van der Waals surface area contributed by atoms with E-state index in [0.717, 1.165) is 11.3 Å². The van der Waals surface area contributed by atoms with E-state index >= 15 is 0 Å². The summed E-state index contributed by atoms with van der Waals surface area (Å²) >= 11 is 0. The van der Waals surface area contributed by atoms with E-state index in [0.29, 0.717) is 12.2 Å². The van der Waals surface area contributed by atoms with Crippen LogP contribution in [0.2, 0.25) is 0 Å². The molecule has 1 heterocycles. The molecule has 1 N–H and O–H groups in total. The quantitative estimate of drug-likeness (QED) is 0.934. The first-order valence-corrected chi connectivity index (χ1v) is 6.59. The van der Waals surface area contributed by atoms with Gasteiger partial charge in [0.15, 0.2) is 5.82 Å². The van der Waals surface area contributed by atoms with E-state index in [-0.39, 0.29) is 11.3 Å². The topological polar surface area (TPSA) is 59.8 Å². The van der Waals surface area contributed by atoms with Gasteiger partial charge in [-0.25, -0.2) is 4.98 Å². The normalized spacial score (nSPS) is 11.4. The van der Waals surface area contributed by atoms with Crippen LogP contribution < -0.4 is 5.32 Å². The predicted octanol–water partition coefficient (Wildman–Crippen LogP) is 2.86. The number of benzene rings is 1. The monoisotopic (exact) mass is 272 g/mol. The van der Waals surface area contributed by atoms with Gasteiger partial charge in [0.25, 0.3) is 0 Å². The van der Waals surface area contributed by atoms with Crippen molar-refractivity contribution in [3.8, 4) is 11.4 Å². The van der Waals surface area contributed by atoms with Gasteiger partial charge in [0.1, 0.15) is 6.33 Å². The lowest BCUT2D eigenvalue weighted by Crippen LogP contribution is -2.19. The van der Waals surface area contributed by atoms with Crippen molar-refractivity contribution in [2.75, 3.05) is 5.32 Å². The number of amides is 1. The number of rotatable bonds is 3. The fraction of sp³-hybridized carbons (Fsp3) is 0.400. The summed E-state index contributed by atoms with van der Waals surface area (Å²) < 4.78 is 1.65. The maximum Gasteiger partial charge on any atom is 0.224 e. The number of anilines is 1. The summed E-state index contributed by atoms with van der Waals surface area (Å²) in [4.78, 5) is 16.1. The Hall–Kier alpha value is -2.17. The highest BCUT2D eigenvalue weighted by Crippen LogP contribution is 2.22. The van der Waals surface area contributed by atoms with Gasteiger partial charge < -0.3 is 5.32 Å². The smallest absolute Gasteiger partial charge is 0.224 e. The molecule has 106 valence electrons. The average Bonchev–Trinajstić information content (AvgIpc) is 2.73. The third-order valence-corrected chi connectivity index (χ3v) is 2.70. The van der Waals surface area contributed by atoms with Gasteiger partial charge in [0.2, 0.25) is 5.91 Å². The zero-order valence-corrected chi connectivity index (χ0v) is 12.3. The number of hydrogen-bond acceptors (Lipinski definition) is 3. The van der Waals surface area contributed by atoms with Gasteiger partial charge in [-0.1, -0.05) is 32.9 Å². The van der Waals surface area contributed by atoms with E-state index in [1.54, 1.807) is 11.0 Å². The summed E-state index contributed by atoms with van der Waals surface area (Å²) in [6, 6.07) is 7.57. The van der Waals surface area contributed by atoms with Crippen LogP contribution in [0, 0.1) is 5.41 Å². The van der Waals surface area contributed by atoms with Crippen molar-refractivity contribution in [3.63, 3.8) is 0 Å². The Morgan fingerprint density at radius 3 is 2.70 bits per heavy atom. The molecule has 0 atom stereocenters. The number of carbonyl (C=O) groups excluding carboxylic acids is 1. The Bertz CT molecular complexity index is 610. The molecule has 0 aliphatic carbocycles. The molecule has 0 unspecified atom stereocenters. The highest BCUT2D eigenvalue weighted by molar-refractivity contribution is 5.91. The van der Waals surface area contributed by atoms with E-state index in [2.05, 4.69) is 15.4 Å². The second-order valence-corrected chi connectivity index (χ2v) is 6.11. The summed E-state index contributed by atoms with van der Waals surface area (Å²) in [6.07, 6.45) is 2.14. The molecule has 0 saturated carbocycles. The molecule has 2 rings (SSSR count). The molecule has 0 spiro atoms. The van der Waals surface area contributed by atoms with Crippen LogP contribution >= 0.6 is 0 Å². The molecule has 0 bridgehead atoms. The maximum absolute atomic E-state index is 11.9. The minimum atomic E-state index is -0.0236. The lowest BCUT2D eigenvalue weighted by atomic mass is 9.92. The number of aromatic nitrogens is 3. The Balaban J connectivity index is 2.12. The number of aryl methyl sites for hydroxylation is 1. The van der Waals surface area contributed by atoms with Gasteiger partial charge in [-0.2, -0.15) is 5.10 Å². The molecule has 0 radical (unpaired) electrons. The largest absolute Gasteiger partial charge is 0.326 e. The van der Waals surface area contributed by atoms with E-state index in [1.165, 1.54) is 0 Å². The zero-order valence-electron chi connectivity index (χ0n) is 12.3. The highest BCUT2D eigenvalue weighted by Gasteiger charge is 2.16. The number of hydrogen-bond donors (Lipinski definition) is 1. The lowest BCUT2D eigenvalue weighted by molar-refractivity contribution is -0.117. The van der Waals surface area contributed by atoms with E-state index in [9.17, 15) is 4.79 Å². The number of nitrogens with zero attached hydrogens (tertiary/aromatic N) is 3. The van der Waals surface area contributed by atoms with Crippen molar-refractivity contribution >= 4 is 11.6 Å². The highest BCUT2D eigenvalue weighted by atomic mass is 16.1.